The third-order valence-electron chi connectivity index (χ3n) is 2.89. The van der Waals surface area contributed by atoms with E-state index in [1.54, 1.807) is 7.11 Å². The molecule has 2 aromatic rings. The number of ether oxygens (including phenoxy) is 1. The Balaban J connectivity index is 1.90. The van der Waals surface area contributed by atoms with E-state index in [2.05, 4.69) is 31.4 Å². The number of halogens is 1. The van der Waals surface area contributed by atoms with E-state index < -0.39 is 0 Å². The highest BCUT2D eigenvalue weighted by Gasteiger charge is 2.11. The molecule has 1 aromatic carbocycles. The molecule has 124 valence electrons. The van der Waals surface area contributed by atoms with Gasteiger partial charge in [-0.2, -0.15) is 0 Å². The summed E-state index contributed by atoms with van der Waals surface area (Å²) in [5.74, 6) is 0.00755. The minimum Gasteiger partial charge on any atom is -0.385 e. The van der Waals surface area contributed by atoms with E-state index >= 15 is 0 Å². The molecule has 1 aromatic heterocycles. The second kappa shape index (κ2) is 8.90. The summed E-state index contributed by atoms with van der Waals surface area (Å²) in [5, 5.41) is 9.64. The van der Waals surface area contributed by atoms with Crippen molar-refractivity contribution < 1.29 is 9.53 Å². The largest absolute Gasteiger partial charge is 0.385 e. The molecule has 0 spiro atoms. The number of rotatable bonds is 8. The van der Waals surface area contributed by atoms with Crippen molar-refractivity contribution in [1.82, 2.24) is 14.8 Å². The van der Waals surface area contributed by atoms with Gasteiger partial charge in [0.15, 0.2) is 5.16 Å². The maximum Gasteiger partial charge on any atom is 0.343 e. The number of aromatic amines is 1. The van der Waals surface area contributed by atoms with Crippen molar-refractivity contribution in [2.75, 3.05) is 24.8 Å². The molecule has 0 aliphatic rings. The van der Waals surface area contributed by atoms with Gasteiger partial charge in [-0.1, -0.05) is 33.8 Å². The number of benzene rings is 1. The van der Waals surface area contributed by atoms with Crippen LogP contribution in [0.3, 0.4) is 0 Å². The van der Waals surface area contributed by atoms with Crippen LogP contribution in [-0.2, 0) is 16.1 Å². The minimum absolute atomic E-state index is 0.160. The molecule has 0 unspecified atom stereocenters. The SMILES string of the molecule is COCCCn1c(SCC(=O)Nc2cccc(Br)c2)n[nH]c1=O. The number of thioether (sulfide) groups is 1. The number of carbonyl (C=O) groups excluding carboxylic acids is 1. The van der Waals surface area contributed by atoms with E-state index in [-0.39, 0.29) is 17.3 Å². The second-order valence-electron chi connectivity index (χ2n) is 4.66. The molecule has 2 N–H and O–H groups in total. The number of methoxy groups -OCH3 is 1. The summed E-state index contributed by atoms with van der Waals surface area (Å²) in [6.45, 7) is 1.06. The number of H-pyrrole nitrogens is 1. The first-order valence-corrected chi connectivity index (χ1v) is 8.70. The van der Waals surface area contributed by atoms with Gasteiger partial charge < -0.3 is 10.1 Å². The van der Waals surface area contributed by atoms with E-state index in [9.17, 15) is 9.59 Å². The van der Waals surface area contributed by atoms with Crippen molar-refractivity contribution in [2.24, 2.45) is 0 Å². The van der Waals surface area contributed by atoms with Gasteiger partial charge in [0.05, 0.1) is 5.75 Å². The van der Waals surface area contributed by atoms with Gasteiger partial charge in [0.2, 0.25) is 5.91 Å². The van der Waals surface area contributed by atoms with Crippen LogP contribution in [0.2, 0.25) is 0 Å². The molecular weight excluding hydrogens is 384 g/mol. The summed E-state index contributed by atoms with van der Waals surface area (Å²) in [5.41, 5.74) is 0.431. The fourth-order valence-electron chi connectivity index (χ4n) is 1.87. The van der Waals surface area contributed by atoms with Crippen LogP contribution in [0, 0.1) is 0 Å². The van der Waals surface area contributed by atoms with Gasteiger partial charge in [-0.15, -0.1) is 5.10 Å². The number of hydrogen-bond donors (Lipinski definition) is 2. The van der Waals surface area contributed by atoms with Crippen LogP contribution in [0.4, 0.5) is 5.69 Å². The van der Waals surface area contributed by atoms with E-state index in [1.165, 1.54) is 16.3 Å². The monoisotopic (exact) mass is 400 g/mol. The Kier molecular flexibility index (Phi) is 6.87. The zero-order chi connectivity index (χ0) is 16.7. The molecule has 0 saturated carbocycles. The van der Waals surface area contributed by atoms with Gasteiger partial charge in [-0.3, -0.25) is 9.36 Å². The fourth-order valence-corrected chi connectivity index (χ4v) is 3.04. The van der Waals surface area contributed by atoms with Crippen LogP contribution >= 0.6 is 27.7 Å². The normalized spacial score (nSPS) is 10.7. The van der Waals surface area contributed by atoms with Crippen LogP contribution in [-0.4, -0.2) is 40.1 Å². The molecule has 1 heterocycles. The Labute approximate surface area is 145 Å². The number of amides is 1. The van der Waals surface area contributed by atoms with Crippen molar-refractivity contribution in [3.05, 3.63) is 39.2 Å². The number of hydrogen-bond acceptors (Lipinski definition) is 5. The Morgan fingerprint density at radius 2 is 2.35 bits per heavy atom. The predicted octanol–water partition coefficient (Wildman–Crippen LogP) is 2.10. The van der Waals surface area contributed by atoms with Crippen molar-refractivity contribution in [3.63, 3.8) is 0 Å². The maximum atomic E-state index is 12.0. The van der Waals surface area contributed by atoms with Crippen LogP contribution in [0.5, 0.6) is 0 Å². The zero-order valence-electron chi connectivity index (χ0n) is 12.5. The van der Waals surface area contributed by atoms with E-state index in [1.807, 2.05) is 24.3 Å². The molecule has 2 rings (SSSR count). The summed E-state index contributed by atoms with van der Waals surface area (Å²) in [4.78, 5) is 23.7. The summed E-state index contributed by atoms with van der Waals surface area (Å²) < 4.78 is 7.37. The van der Waals surface area contributed by atoms with Crippen LogP contribution < -0.4 is 11.0 Å². The Morgan fingerprint density at radius 1 is 1.52 bits per heavy atom. The fraction of sp³-hybridized carbons (Fsp3) is 0.357. The molecule has 23 heavy (non-hydrogen) atoms. The molecule has 1 amide bonds. The number of aromatic nitrogens is 3. The van der Waals surface area contributed by atoms with Crippen LogP contribution in [0.25, 0.3) is 0 Å². The Morgan fingerprint density at radius 3 is 3.09 bits per heavy atom. The number of nitrogens with zero attached hydrogens (tertiary/aromatic N) is 2. The first-order valence-electron chi connectivity index (χ1n) is 6.92. The van der Waals surface area contributed by atoms with Gasteiger partial charge in [0.25, 0.3) is 0 Å². The molecule has 7 nitrogen and oxygen atoms in total. The lowest BCUT2D eigenvalue weighted by Gasteiger charge is -2.06. The van der Waals surface area contributed by atoms with Crippen molar-refractivity contribution in [1.29, 1.82) is 0 Å². The highest BCUT2D eigenvalue weighted by molar-refractivity contribution is 9.10. The number of anilines is 1. The van der Waals surface area contributed by atoms with E-state index in [4.69, 9.17) is 4.74 Å². The topological polar surface area (TPSA) is 89.0 Å². The lowest BCUT2D eigenvalue weighted by molar-refractivity contribution is -0.113. The van der Waals surface area contributed by atoms with Gasteiger partial charge in [-0.05, 0) is 24.6 Å². The average molecular weight is 401 g/mol. The van der Waals surface area contributed by atoms with Crippen molar-refractivity contribution >= 4 is 39.3 Å². The Hall–Kier alpha value is -1.58. The van der Waals surface area contributed by atoms with Crippen LogP contribution in [0.15, 0.2) is 38.7 Å². The van der Waals surface area contributed by atoms with Gasteiger partial charge in [0, 0.05) is 30.4 Å². The highest BCUT2D eigenvalue weighted by Crippen LogP contribution is 2.17. The molecular formula is C14H17BrN4O3S. The van der Waals surface area contributed by atoms with Gasteiger partial charge >= 0.3 is 5.69 Å². The summed E-state index contributed by atoms with van der Waals surface area (Å²) in [7, 11) is 1.61. The van der Waals surface area contributed by atoms with Crippen molar-refractivity contribution in [2.45, 2.75) is 18.1 Å². The van der Waals surface area contributed by atoms with Gasteiger partial charge in [0.1, 0.15) is 0 Å². The summed E-state index contributed by atoms with van der Waals surface area (Å²) in [6, 6.07) is 7.35. The first-order chi connectivity index (χ1) is 11.1. The molecule has 0 radical (unpaired) electrons. The average Bonchev–Trinajstić information content (AvgIpc) is 2.86. The van der Waals surface area contributed by atoms with E-state index in [0.29, 0.717) is 30.4 Å². The maximum absolute atomic E-state index is 12.0. The molecule has 9 heteroatoms. The quantitative estimate of drug-likeness (QED) is 0.523. The summed E-state index contributed by atoms with van der Waals surface area (Å²) >= 11 is 4.56. The third-order valence-corrected chi connectivity index (χ3v) is 4.36. The first kappa shape index (κ1) is 17.8. The zero-order valence-corrected chi connectivity index (χ0v) is 14.9. The van der Waals surface area contributed by atoms with E-state index in [0.717, 1.165) is 4.47 Å². The molecule has 0 fully saturated rings. The second-order valence-corrected chi connectivity index (χ2v) is 6.51. The smallest absolute Gasteiger partial charge is 0.343 e. The van der Waals surface area contributed by atoms with Crippen molar-refractivity contribution in [3.8, 4) is 0 Å². The van der Waals surface area contributed by atoms with Crippen LogP contribution in [0.1, 0.15) is 6.42 Å². The predicted molar refractivity (Wildman–Crippen MR) is 92.8 cm³/mol. The molecule has 0 saturated heterocycles. The minimum atomic E-state index is -0.281. The molecule has 0 aliphatic heterocycles. The molecule has 0 atom stereocenters. The Bertz CT molecular complexity index is 716. The molecule has 0 aliphatic carbocycles. The third kappa shape index (κ3) is 5.52. The lowest BCUT2D eigenvalue weighted by atomic mass is 10.3. The highest BCUT2D eigenvalue weighted by atomic mass is 79.9. The lowest BCUT2D eigenvalue weighted by Crippen LogP contribution is -2.19. The number of nitrogens with one attached hydrogen (secondary N) is 2. The molecule has 0 bridgehead atoms. The standard InChI is InChI=1S/C14H17BrN4O3S/c1-22-7-3-6-19-13(21)17-18-14(19)23-9-12(20)16-11-5-2-4-10(15)8-11/h2,4-5,8H,3,6-7,9H2,1H3,(H,16,20)(H,17,21). The number of carbonyl (C=O) groups is 1. The summed E-state index contributed by atoms with van der Waals surface area (Å²) in [6.07, 6.45) is 0.702. The van der Waals surface area contributed by atoms with Gasteiger partial charge in [-0.25, -0.2) is 9.89 Å².